The Bertz CT molecular complexity index is 877. The van der Waals surface area contributed by atoms with Crippen LogP contribution in [-0.2, 0) is 4.79 Å². The number of benzene rings is 2. The Morgan fingerprint density at radius 2 is 1.59 bits per heavy atom. The van der Waals surface area contributed by atoms with Gasteiger partial charge >= 0.3 is 0 Å². The lowest BCUT2D eigenvalue weighted by Crippen LogP contribution is -2.38. The van der Waals surface area contributed by atoms with Crippen LogP contribution in [-0.4, -0.2) is 34.1 Å². The van der Waals surface area contributed by atoms with Crippen molar-refractivity contribution in [2.45, 2.75) is 29.7 Å². The summed E-state index contributed by atoms with van der Waals surface area (Å²) in [5.41, 5.74) is 1.83. The maximum absolute atomic E-state index is 13.2. The first kappa shape index (κ1) is 17.8. The summed E-state index contributed by atoms with van der Waals surface area (Å²) in [5, 5.41) is 8.33. The van der Waals surface area contributed by atoms with Crippen LogP contribution in [0.25, 0.3) is 11.5 Å². The molecule has 138 valence electrons. The summed E-state index contributed by atoms with van der Waals surface area (Å²) in [5.74, 6) is 0.584. The van der Waals surface area contributed by atoms with Crippen molar-refractivity contribution in [2.75, 3.05) is 13.1 Å². The van der Waals surface area contributed by atoms with Crippen molar-refractivity contribution in [2.24, 2.45) is 0 Å². The molecule has 0 saturated carbocycles. The molecular weight excluding hydrogens is 358 g/mol. The van der Waals surface area contributed by atoms with Gasteiger partial charge in [0.15, 0.2) is 0 Å². The topological polar surface area (TPSA) is 59.2 Å². The molecule has 1 aromatic heterocycles. The molecule has 6 heteroatoms. The molecule has 1 aliphatic heterocycles. The normalized spacial score (nSPS) is 15.5. The second kappa shape index (κ2) is 8.39. The summed E-state index contributed by atoms with van der Waals surface area (Å²) in [6.45, 7) is 1.64. The zero-order valence-electron chi connectivity index (χ0n) is 15.0. The van der Waals surface area contributed by atoms with Crippen LogP contribution in [0.3, 0.4) is 0 Å². The minimum Gasteiger partial charge on any atom is -0.411 e. The zero-order chi connectivity index (χ0) is 18.5. The van der Waals surface area contributed by atoms with E-state index in [-0.39, 0.29) is 11.2 Å². The molecule has 0 radical (unpaired) electrons. The van der Waals surface area contributed by atoms with E-state index in [1.54, 1.807) is 0 Å². The summed E-state index contributed by atoms with van der Waals surface area (Å²) in [7, 11) is 0. The molecule has 3 aromatic rings. The van der Waals surface area contributed by atoms with Gasteiger partial charge in [-0.25, -0.2) is 0 Å². The summed E-state index contributed by atoms with van der Waals surface area (Å²) in [4.78, 5) is 15.2. The molecule has 1 atom stereocenters. The third-order valence-electron chi connectivity index (χ3n) is 4.64. The van der Waals surface area contributed by atoms with E-state index >= 15 is 0 Å². The number of likely N-dealkylation sites (tertiary alicyclic amines) is 1. The Kier molecular flexibility index (Phi) is 5.53. The summed E-state index contributed by atoms with van der Waals surface area (Å²) in [6.07, 6.45) is 3.32. The number of carbonyl (C=O) groups is 1. The highest BCUT2D eigenvalue weighted by molar-refractivity contribution is 8.00. The van der Waals surface area contributed by atoms with Crippen LogP contribution in [0.4, 0.5) is 0 Å². The molecule has 1 aliphatic rings. The number of hydrogen-bond donors (Lipinski definition) is 0. The molecule has 0 N–H and O–H groups in total. The number of rotatable bonds is 5. The van der Waals surface area contributed by atoms with E-state index in [1.807, 2.05) is 65.6 Å². The summed E-state index contributed by atoms with van der Waals surface area (Å²) >= 11 is 1.33. The molecule has 0 bridgehead atoms. The third-order valence-corrected chi connectivity index (χ3v) is 5.72. The number of thioether (sulfide) groups is 1. The first-order chi connectivity index (χ1) is 13.3. The van der Waals surface area contributed by atoms with Crippen LogP contribution in [0.5, 0.6) is 0 Å². The number of piperidine rings is 1. The van der Waals surface area contributed by atoms with E-state index < -0.39 is 0 Å². The number of nitrogens with zero attached hydrogens (tertiary/aromatic N) is 3. The molecule has 0 aliphatic carbocycles. The second-order valence-corrected chi connectivity index (χ2v) is 7.59. The molecular formula is C21H21N3O2S. The fourth-order valence-corrected chi connectivity index (χ4v) is 4.18. The van der Waals surface area contributed by atoms with Gasteiger partial charge < -0.3 is 9.32 Å². The predicted octanol–water partition coefficient (Wildman–Crippen LogP) is 4.58. The lowest BCUT2D eigenvalue weighted by molar-refractivity contribution is -0.131. The lowest BCUT2D eigenvalue weighted by atomic mass is 10.1. The van der Waals surface area contributed by atoms with Crippen molar-refractivity contribution in [3.05, 3.63) is 66.2 Å². The van der Waals surface area contributed by atoms with Gasteiger partial charge in [0.05, 0.1) is 0 Å². The van der Waals surface area contributed by atoms with Crippen LogP contribution in [0.1, 0.15) is 30.1 Å². The first-order valence-electron chi connectivity index (χ1n) is 9.20. The van der Waals surface area contributed by atoms with Gasteiger partial charge in [0.1, 0.15) is 5.25 Å². The highest BCUT2D eigenvalue weighted by atomic mass is 32.2. The maximum Gasteiger partial charge on any atom is 0.277 e. The Hall–Kier alpha value is -2.60. The number of hydrogen-bond acceptors (Lipinski definition) is 5. The van der Waals surface area contributed by atoms with Crippen molar-refractivity contribution in [3.63, 3.8) is 0 Å². The fraction of sp³-hybridized carbons (Fsp3) is 0.286. The van der Waals surface area contributed by atoms with Crippen molar-refractivity contribution in [3.8, 4) is 11.5 Å². The van der Waals surface area contributed by atoms with Crippen LogP contribution < -0.4 is 0 Å². The SMILES string of the molecule is O=C([C@H](Sc1nnc(-c2ccccc2)o1)c1ccccc1)N1CCCCC1. The molecule has 1 amide bonds. The largest absolute Gasteiger partial charge is 0.411 e. The van der Waals surface area contributed by atoms with Crippen molar-refractivity contribution in [1.82, 2.24) is 15.1 Å². The second-order valence-electron chi connectivity index (χ2n) is 6.53. The van der Waals surface area contributed by atoms with Gasteiger partial charge in [-0.2, -0.15) is 0 Å². The molecule has 27 heavy (non-hydrogen) atoms. The average Bonchev–Trinajstić information content (AvgIpc) is 3.22. The standard InChI is InChI=1S/C21H21N3O2S/c25-20(24-14-8-3-9-15-24)18(16-10-4-1-5-11-16)27-21-23-22-19(26-21)17-12-6-2-7-13-17/h1-2,4-7,10-13,18H,3,8-9,14-15H2/t18-/m1/s1. The molecule has 5 nitrogen and oxygen atoms in total. The highest BCUT2D eigenvalue weighted by Gasteiger charge is 2.29. The van der Waals surface area contributed by atoms with E-state index in [0.717, 1.165) is 37.1 Å². The molecule has 2 heterocycles. The van der Waals surface area contributed by atoms with Crippen LogP contribution in [0.2, 0.25) is 0 Å². The smallest absolute Gasteiger partial charge is 0.277 e. The van der Waals surface area contributed by atoms with Crippen molar-refractivity contribution < 1.29 is 9.21 Å². The van der Waals surface area contributed by atoms with Crippen molar-refractivity contribution in [1.29, 1.82) is 0 Å². The number of carbonyl (C=O) groups excluding carboxylic acids is 1. The zero-order valence-corrected chi connectivity index (χ0v) is 15.8. The molecule has 0 spiro atoms. The van der Waals surface area contributed by atoms with Crippen LogP contribution in [0, 0.1) is 0 Å². The first-order valence-corrected chi connectivity index (χ1v) is 10.1. The minimum absolute atomic E-state index is 0.116. The van der Waals surface area contributed by atoms with E-state index in [1.165, 1.54) is 18.2 Å². The van der Waals surface area contributed by atoms with Gasteiger partial charge in [0.2, 0.25) is 11.8 Å². The average molecular weight is 379 g/mol. The van der Waals surface area contributed by atoms with Gasteiger partial charge in [0.25, 0.3) is 5.22 Å². The maximum atomic E-state index is 13.2. The summed E-state index contributed by atoms with van der Waals surface area (Å²) < 4.78 is 5.83. The van der Waals surface area contributed by atoms with Gasteiger partial charge in [0, 0.05) is 18.7 Å². The summed E-state index contributed by atoms with van der Waals surface area (Å²) in [6, 6.07) is 19.5. The predicted molar refractivity (Wildman–Crippen MR) is 105 cm³/mol. The highest BCUT2D eigenvalue weighted by Crippen LogP contribution is 2.37. The van der Waals surface area contributed by atoms with E-state index in [2.05, 4.69) is 10.2 Å². The Labute approximate surface area is 162 Å². The van der Waals surface area contributed by atoms with Crippen LogP contribution >= 0.6 is 11.8 Å². The van der Waals surface area contributed by atoms with Gasteiger partial charge in [-0.3, -0.25) is 4.79 Å². The van der Waals surface area contributed by atoms with E-state index in [4.69, 9.17) is 4.42 Å². The minimum atomic E-state index is -0.381. The molecule has 0 unspecified atom stereocenters. The van der Waals surface area contributed by atoms with Crippen LogP contribution in [0.15, 0.2) is 70.3 Å². The quantitative estimate of drug-likeness (QED) is 0.607. The number of aromatic nitrogens is 2. The molecule has 1 saturated heterocycles. The van der Waals surface area contributed by atoms with Crippen molar-refractivity contribution >= 4 is 17.7 Å². The Morgan fingerprint density at radius 1 is 0.926 bits per heavy atom. The Balaban J connectivity index is 1.58. The third kappa shape index (κ3) is 4.22. The molecule has 1 fully saturated rings. The van der Waals surface area contributed by atoms with E-state index in [0.29, 0.717) is 11.1 Å². The monoisotopic (exact) mass is 379 g/mol. The fourth-order valence-electron chi connectivity index (χ4n) is 3.22. The molecule has 2 aromatic carbocycles. The number of amides is 1. The van der Waals surface area contributed by atoms with Gasteiger partial charge in [-0.05, 0) is 48.7 Å². The Morgan fingerprint density at radius 3 is 2.30 bits per heavy atom. The van der Waals surface area contributed by atoms with E-state index in [9.17, 15) is 4.79 Å². The van der Waals surface area contributed by atoms with Gasteiger partial charge in [-0.15, -0.1) is 10.2 Å². The van der Waals surface area contributed by atoms with Gasteiger partial charge in [-0.1, -0.05) is 48.5 Å². The lowest BCUT2D eigenvalue weighted by Gasteiger charge is -2.29. The molecule has 4 rings (SSSR count).